The third-order valence-corrected chi connectivity index (χ3v) is 7.44. The monoisotopic (exact) mass is 425 g/mol. The molecule has 0 saturated carbocycles. The summed E-state index contributed by atoms with van der Waals surface area (Å²) in [7, 11) is -0.0555. The number of nitrogens with zero attached hydrogens (tertiary/aromatic N) is 5. The molecule has 0 amide bonds. The second kappa shape index (κ2) is 9.25. The molecule has 0 N–H and O–H groups in total. The third-order valence-electron chi connectivity index (χ3n) is 4.50. The van der Waals surface area contributed by atoms with Gasteiger partial charge in [-0.25, -0.2) is 12.7 Å². The Morgan fingerprint density at radius 3 is 2.64 bits per heavy atom. The summed E-state index contributed by atoms with van der Waals surface area (Å²) < 4.78 is 32.7. The van der Waals surface area contributed by atoms with Crippen LogP contribution < -0.4 is 4.90 Å². The maximum absolute atomic E-state index is 11.9. The first-order valence-electron chi connectivity index (χ1n) is 9.26. The lowest BCUT2D eigenvalue weighted by molar-refractivity contribution is 0.122. The predicted molar refractivity (Wildman–Crippen MR) is 112 cm³/mol. The molecular weight excluding hydrogens is 398 g/mol. The molecule has 1 aliphatic rings. The Morgan fingerprint density at radius 2 is 1.96 bits per heavy atom. The van der Waals surface area contributed by atoms with E-state index in [1.165, 1.54) is 16.1 Å². The standard InChI is InChI=1S/C18H27N5O3S2/c1-15-6-4-7-16(14-15)23-17(22-8-10-26-11-9-22)19-20-18(23)27-12-5-13-28(24,25)21(2)3/h4,6-7,14H,5,8-13H2,1-3H3. The van der Waals surface area contributed by atoms with Crippen LogP contribution in [-0.2, 0) is 14.8 Å². The van der Waals surface area contributed by atoms with Crippen LogP contribution in [0.4, 0.5) is 5.95 Å². The second-order valence-electron chi connectivity index (χ2n) is 6.86. The maximum atomic E-state index is 11.9. The Morgan fingerprint density at radius 1 is 1.21 bits per heavy atom. The van der Waals surface area contributed by atoms with Gasteiger partial charge in [-0.15, -0.1) is 10.2 Å². The van der Waals surface area contributed by atoms with E-state index in [0.29, 0.717) is 25.4 Å². The van der Waals surface area contributed by atoms with Gasteiger partial charge in [-0.2, -0.15) is 0 Å². The Balaban J connectivity index is 1.80. The molecule has 1 aromatic heterocycles. The van der Waals surface area contributed by atoms with Crippen molar-refractivity contribution >= 4 is 27.7 Å². The minimum absolute atomic E-state index is 0.127. The maximum Gasteiger partial charge on any atom is 0.232 e. The number of anilines is 1. The van der Waals surface area contributed by atoms with Crippen molar-refractivity contribution in [2.75, 3.05) is 56.8 Å². The molecule has 0 atom stereocenters. The lowest BCUT2D eigenvalue weighted by atomic mass is 10.2. The molecule has 2 aromatic rings. The quantitative estimate of drug-likeness (QED) is 0.471. The van der Waals surface area contributed by atoms with Gasteiger partial charge in [-0.05, 0) is 31.0 Å². The number of aryl methyl sites for hydroxylation is 1. The zero-order chi connectivity index (χ0) is 20.1. The van der Waals surface area contributed by atoms with E-state index in [-0.39, 0.29) is 5.75 Å². The fourth-order valence-electron chi connectivity index (χ4n) is 2.90. The van der Waals surface area contributed by atoms with Crippen LogP contribution >= 0.6 is 11.8 Å². The van der Waals surface area contributed by atoms with Crippen molar-refractivity contribution in [1.82, 2.24) is 19.1 Å². The Bertz CT molecular complexity index is 892. The van der Waals surface area contributed by atoms with Crippen molar-refractivity contribution in [3.05, 3.63) is 29.8 Å². The van der Waals surface area contributed by atoms with E-state index in [1.807, 2.05) is 12.1 Å². The van der Waals surface area contributed by atoms with Crippen molar-refractivity contribution < 1.29 is 13.2 Å². The zero-order valence-electron chi connectivity index (χ0n) is 16.5. The average Bonchev–Trinajstić information content (AvgIpc) is 3.10. The summed E-state index contributed by atoms with van der Waals surface area (Å²) in [5.74, 6) is 1.58. The molecule has 10 heteroatoms. The highest BCUT2D eigenvalue weighted by Crippen LogP contribution is 2.28. The molecule has 0 spiro atoms. The fraction of sp³-hybridized carbons (Fsp3) is 0.556. The van der Waals surface area contributed by atoms with Crippen molar-refractivity contribution in [3.8, 4) is 5.69 Å². The first-order valence-corrected chi connectivity index (χ1v) is 11.9. The summed E-state index contributed by atoms with van der Waals surface area (Å²) in [6.07, 6.45) is 0.554. The number of rotatable bonds is 8. The van der Waals surface area contributed by atoms with Gasteiger partial charge in [-0.1, -0.05) is 23.9 Å². The summed E-state index contributed by atoms with van der Waals surface area (Å²) in [4.78, 5) is 2.18. The summed E-state index contributed by atoms with van der Waals surface area (Å²) in [6, 6.07) is 8.22. The van der Waals surface area contributed by atoms with E-state index in [9.17, 15) is 8.42 Å². The smallest absolute Gasteiger partial charge is 0.232 e. The van der Waals surface area contributed by atoms with E-state index in [1.54, 1.807) is 14.1 Å². The first-order chi connectivity index (χ1) is 13.4. The topological polar surface area (TPSA) is 80.6 Å². The second-order valence-corrected chi connectivity index (χ2v) is 10.2. The van der Waals surface area contributed by atoms with E-state index in [2.05, 4.69) is 38.7 Å². The van der Waals surface area contributed by atoms with Gasteiger partial charge in [0, 0.05) is 32.9 Å². The van der Waals surface area contributed by atoms with Crippen LogP contribution in [0.25, 0.3) is 5.69 Å². The molecule has 1 fully saturated rings. The predicted octanol–water partition coefficient (Wildman–Crippen LogP) is 1.79. The normalized spacial score (nSPS) is 15.4. The molecule has 1 aromatic carbocycles. The van der Waals surface area contributed by atoms with Crippen LogP contribution in [0.5, 0.6) is 0 Å². The molecule has 8 nitrogen and oxygen atoms in total. The number of aromatic nitrogens is 3. The van der Waals surface area contributed by atoms with Crippen LogP contribution in [0.15, 0.2) is 29.4 Å². The summed E-state index contributed by atoms with van der Waals surface area (Å²) >= 11 is 1.53. The number of benzene rings is 1. The molecule has 0 bridgehead atoms. The molecule has 154 valence electrons. The first kappa shape index (κ1) is 21.1. The van der Waals surface area contributed by atoms with Gasteiger partial charge < -0.3 is 9.64 Å². The summed E-state index contributed by atoms with van der Waals surface area (Å²) in [5.41, 5.74) is 2.17. The number of morpholine rings is 1. The lowest BCUT2D eigenvalue weighted by Gasteiger charge is -2.28. The van der Waals surface area contributed by atoms with Crippen molar-refractivity contribution in [1.29, 1.82) is 0 Å². The SMILES string of the molecule is Cc1cccc(-n2c(SCCCS(=O)(=O)N(C)C)nnc2N2CCOCC2)c1. The van der Waals surface area contributed by atoms with Gasteiger partial charge in [0.1, 0.15) is 0 Å². The summed E-state index contributed by atoms with van der Waals surface area (Å²) in [5, 5.41) is 9.61. The number of hydrogen-bond donors (Lipinski definition) is 0. The van der Waals surface area contributed by atoms with E-state index in [0.717, 1.165) is 35.4 Å². The highest BCUT2D eigenvalue weighted by Gasteiger charge is 2.22. The van der Waals surface area contributed by atoms with Crippen LogP contribution in [0.2, 0.25) is 0 Å². The van der Waals surface area contributed by atoms with Gasteiger partial charge in [0.15, 0.2) is 5.16 Å². The molecule has 2 heterocycles. The Hall–Kier alpha value is -1.62. The van der Waals surface area contributed by atoms with E-state index in [4.69, 9.17) is 4.74 Å². The van der Waals surface area contributed by atoms with Crippen LogP contribution in [0.3, 0.4) is 0 Å². The molecule has 0 aliphatic carbocycles. The molecule has 3 rings (SSSR count). The highest BCUT2D eigenvalue weighted by molar-refractivity contribution is 7.99. The minimum Gasteiger partial charge on any atom is -0.378 e. The Labute approximate surface area is 170 Å². The van der Waals surface area contributed by atoms with Crippen molar-refractivity contribution in [3.63, 3.8) is 0 Å². The molecule has 1 saturated heterocycles. The van der Waals surface area contributed by atoms with Gasteiger partial charge in [0.2, 0.25) is 16.0 Å². The molecule has 28 heavy (non-hydrogen) atoms. The molecule has 0 unspecified atom stereocenters. The lowest BCUT2D eigenvalue weighted by Crippen LogP contribution is -2.37. The number of sulfonamides is 1. The highest BCUT2D eigenvalue weighted by atomic mass is 32.2. The van der Waals surface area contributed by atoms with E-state index >= 15 is 0 Å². The molecule has 0 radical (unpaired) electrons. The van der Waals surface area contributed by atoms with Gasteiger partial charge >= 0.3 is 0 Å². The largest absolute Gasteiger partial charge is 0.378 e. The van der Waals surface area contributed by atoms with E-state index < -0.39 is 10.0 Å². The minimum atomic E-state index is -3.18. The molecular formula is C18H27N5O3S2. The zero-order valence-corrected chi connectivity index (χ0v) is 18.2. The van der Waals surface area contributed by atoms with Gasteiger partial charge in [0.05, 0.1) is 24.7 Å². The van der Waals surface area contributed by atoms with Crippen LogP contribution in [0.1, 0.15) is 12.0 Å². The third kappa shape index (κ3) is 5.05. The number of thioether (sulfide) groups is 1. The fourth-order valence-corrected chi connectivity index (χ4v) is 4.85. The number of ether oxygens (including phenoxy) is 1. The summed E-state index contributed by atoms with van der Waals surface area (Å²) in [6.45, 7) is 4.95. The van der Waals surface area contributed by atoms with Crippen molar-refractivity contribution in [2.24, 2.45) is 0 Å². The van der Waals surface area contributed by atoms with Crippen LogP contribution in [0, 0.1) is 6.92 Å². The van der Waals surface area contributed by atoms with Crippen LogP contribution in [-0.4, -0.2) is 79.4 Å². The number of hydrogen-bond acceptors (Lipinski definition) is 7. The molecule has 1 aliphatic heterocycles. The average molecular weight is 426 g/mol. The Kier molecular flexibility index (Phi) is 6.97. The van der Waals surface area contributed by atoms with Gasteiger partial charge in [0.25, 0.3) is 0 Å². The van der Waals surface area contributed by atoms with Gasteiger partial charge in [-0.3, -0.25) is 4.57 Å². The van der Waals surface area contributed by atoms with Crippen molar-refractivity contribution in [2.45, 2.75) is 18.5 Å².